The van der Waals surface area contributed by atoms with Gasteiger partial charge >= 0.3 is 0 Å². The lowest BCUT2D eigenvalue weighted by atomic mass is 9.99. The Morgan fingerprint density at radius 1 is 0.493 bits per heavy atom. The minimum atomic E-state index is -1.57. The van der Waals surface area contributed by atoms with E-state index in [0.717, 1.165) is 70.6 Å². The van der Waals surface area contributed by atoms with E-state index in [4.69, 9.17) is 9.47 Å². The van der Waals surface area contributed by atoms with E-state index in [1.807, 2.05) is 19.1 Å². The van der Waals surface area contributed by atoms with Gasteiger partial charge in [0.1, 0.15) is 24.4 Å². The molecule has 7 unspecified atom stereocenters. The fraction of sp³-hybridized carbons (Fsp3) is 0.766. The molecule has 0 saturated carbocycles. The number of nitrogens with one attached hydrogen (secondary N) is 1. The number of aliphatic hydroxyl groups excluding tert-OH is 5. The maximum absolute atomic E-state index is 13.0. The van der Waals surface area contributed by atoms with Crippen LogP contribution >= 0.6 is 0 Å². The highest BCUT2D eigenvalue weighted by Crippen LogP contribution is 2.23. The van der Waals surface area contributed by atoms with Gasteiger partial charge in [0.2, 0.25) is 5.91 Å². The van der Waals surface area contributed by atoms with Crippen molar-refractivity contribution in [3.05, 3.63) is 85.1 Å². The standard InChI is InChI=1S/C64H113NO8/c1-3-5-7-9-11-13-14-15-16-17-18-19-20-21-22-23-24-25-26-27-28-29-30-31-32-33-34-35-36-37-38-39-40-41-42-43-44-46-48-50-52-54-60(68)65-57(58(67)53-51-49-47-45-12-10-8-6-4-2)56-72-64-63(71)62(70)61(69)59(55-66)73-64/h4-7,11-13,15-16,18-19,45,51,53,57-59,61-64,66-67,69-71H,3,8-10,14,17,20-44,46-50,52,54-56H2,1-2H3,(H,65,68)/b6-4+,7-5-,13-11-,16-15-,19-18-,45-12+,53-51+. The Kier molecular flexibility index (Phi) is 49.5. The van der Waals surface area contributed by atoms with Gasteiger partial charge < -0.3 is 40.3 Å². The van der Waals surface area contributed by atoms with E-state index in [9.17, 15) is 30.3 Å². The zero-order valence-corrected chi connectivity index (χ0v) is 46.9. The molecule has 0 aromatic rings. The Balaban J connectivity index is 1.98. The number of carbonyl (C=O) groups is 1. The first-order valence-corrected chi connectivity index (χ1v) is 30.3. The van der Waals surface area contributed by atoms with Crippen molar-refractivity contribution in [3.8, 4) is 0 Å². The van der Waals surface area contributed by atoms with Crippen molar-refractivity contribution >= 4 is 5.91 Å². The van der Waals surface area contributed by atoms with Crippen LogP contribution in [-0.4, -0.2) is 87.5 Å². The molecule has 422 valence electrons. The second kappa shape index (κ2) is 52.8. The first kappa shape index (κ1) is 68.4. The number of ether oxygens (including phenoxy) is 2. The lowest BCUT2D eigenvalue weighted by molar-refractivity contribution is -0.302. The number of carbonyl (C=O) groups excluding carboxylic acids is 1. The fourth-order valence-electron chi connectivity index (χ4n) is 9.31. The highest BCUT2D eigenvalue weighted by molar-refractivity contribution is 5.76. The molecule has 1 heterocycles. The Morgan fingerprint density at radius 2 is 0.877 bits per heavy atom. The minimum Gasteiger partial charge on any atom is -0.394 e. The summed E-state index contributed by atoms with van der Waals surface area (Å²) in [4.78, 5) is 13.0. The number of amides is 1. The largest absolute Gasteiger partial charge is 0.394 e. The second-order valence-corrected chi connectivity index (χ2v) is 20.8. The van der Waals surface area contributed by atoms with Crippen LogP contribution in [0.3, 0.4) is 0 Å². The van der Waals surface area contributed by atoms with Gasteiger partial charge in [-0.25, -0.2) is 0 Å². The van der Waals surface area contributed by atoms with Gasteiger partial charge in [-0.15, -0.1) is 0 Å². The van der Waals surface area contributed by atoms with Crippen molar-refractivity contribution in [3.63, 3.8) is 0 Å². The molecule has 1 rings (SSSR count). The normalized spacial score (nSPS) is 19.7. The van der Waals surface area contributed by atoms with Gasteiger partial charge in [0, 0.05) is 6.42 Å². The Morgan fingerprint density at radius 3 is 1.32 bits per heavy atom. The van der Waals surface area contributed by atoms with E-state index in [1.165, 1.54) is 167 Å². The van der Waals surface area contributed by atoms with Crippen LogP contribution in [0, 0.1) is 0 Å². The molecule has 0 aromatic heterocycles. The van der Waals surface area contributed by atoms with Crippen molar-refractivity contribution in [2.24, 2.45) is 0 Å². The molecule has 1 aliphatic rings. The molecular weight excluding hydrogens is 911 g/mol. The number of allylic oxidation sites excluding steroid dienone is 13. The van der Waals surface area contributed by atoms with Gasteiger partial charge in [-0.05, 0) is 77.6 Å². The maximum Gasteiger partial charge on any atom is 0.220 e. The number of rotatable bonds is 51. The number of hydrogen-bond donors (Lipinski definition) is 6. The van der Waals surface area contributed by atoms with Crippen LogP contribution in [0.25, 0.3) is 0 Å². The van der Waals surface area contributed by atoms with E-state index in [2.05, 4.69) is 79.1 Å². The third kappa shape index (κ3) is 42.2. The molecular formula is C64H113NO8. The first-order chi connectivity index (χ1) is 35.8. The van der Waals surface area contributed by atoms with Crippen molar-refractivity contribution in [2.45, 2.75) is 301 Å². The molecule has 0 aromatic carbocycles. The number of unbranched alkanes of at least 4 members (excludes halogenated alkanes) is 30. The van der Waals surface area contributed by atoms with E-state index in [0.29, 0.717) is 6.42 Å². The summed E-state index contributed by atoms with van der Waals surface area (Å²) < 4.78 is 11.2. The van der Waals surface area contributed by atoms with Crippen LogP contribution in [0.1, 0.15) is 258 Å². The molecule has 1 fully saturated rings. The highest BCUT2D eigenvalue weighted by Gasteiger charge is 2.44. The van der Waals surface area contributed by atoms with Crippen molar-refractivity contribution in [1.29, 1.82) is 0 Å². The average molecular weight is 1020 g/mol. The lowest BCUT2D eigenvalue weighted by Gasteiger charge is -2.40. The monoisotopic (exact) mass is 1020 g/mol. The van der Waals surface area contributed by atoms with Gasteiger partial charge in [0.25, 0.3) is 0 Å². The quantitative estimate of drug-likeness (QED) is 0.0261. The highest BCUT2D eigenvalue weighted by atomic mass is 16.7. The van der Waals surface area contributed by atoms with Gasteiger partial charge in [0.15, 0.2) is 6.29 Å². The SMILES string of the molecule is C/C=C/CC/C=C/CC/C=C/C(O)C(COC1OC(CO)C(O)C(O)C1O)NC(=O)CCCCCCCCCCCCCCCCCCCCCCCCCCCCCC/C=C\C/C=C\C/C=C\C/C=C\CC. The van der Waals surface area contributed by atoms with Crippen molar-refractivity contribution in [2.75, 3.05) is 13.2 Å². The molecule has 0 spiro atoms. The van der Waals surface area contributed by atoms with Crippen LogP contribution < -0.4 is 5.32 Å². The molecule has 0 radical (unpaired) electrons. The summed E-state index contributed by atoms with van der Waals surface area (Å²) >= 11 is 0. The van der Waals surface area contributed by atoms with Gasteiger partial charge in [-0.3, -0.25) is 4.79 Å². The summed E-state index contributed by atoms with van der Waals surface area (Å²) in [6.07, 6.45) is 68.8. The molecule has 0 aliphatic carbocycles. The zero-order chi connectivity index (χ0) is 52.9. The van der Waals surface area contributed by atoms with Gasteiger partial charge in [-0.1, -0.05) is 259 Å². The molecule has 1 aliphatic heterocycles. The molecule has 73 heavy (non-hydrogen) atoms. The van der Waals surface area contributed by atoms with E-state index >= 15 is 0 Å². The maximum atomic E-state index is 13.0. The topological polar surface area (TPSA) is 149 Å². The number of aliphatic hydroxyl groups is 5. The molecule has 9 heteroatoms. The Labute approximate surface area is 448 Å². The molecule has 1 amide bonds. The first-order valence-electron chi connectivity index (χ1n) is 30.3. The van der Waals surface area contributed by atoms with Crippen LogP contribution in [0.2, 0.25) is 0 Å². The van der Waals surface area contributed by atoms with Gasteiger partial charge in [0.05, 0.1) is 25.4 Å². The third-order valence-electron chi connectivity index (χ3n) is 14.0. The Hall–Kier alpha value is -2.63. The summed E-state index contributed by atoms with van der Waals surface area (Å²) in [5.41, 5.74) is 0. The molecule has 1 saturated heterocycles. The Bertz CT molecular complexity index is 1420. The zero-order valence-electron chi connectivity index (χ0n) is 46.9. The molecule has 9 nitrogen and oxygen atoms in total. The lowest BCUT2D eigenvalue weighted by Crippen LogP contribution is -2.60. The summed E-state index contributed by atoms with van der Waals surface area (Å²) in [7, 11) is 0. The van der Waals surface area contributed by atoms with Crippen LogP contribution in [0.4, 0.5) is 0 Å². The summed E-state index contributed by atoms with van der Waals surface area (Å²) in [6.45, 7) is 3.41. The van der Waals surface area contributed by atoms with Crippen LogP contribution in [0.15, 0.2) is 85.1 Å². The predicted octanol–water partition coefficient (Wildman–Crippen LogP) is 15.4. The fourth-order valence-corrected chi connectivity index (χ4v) is 9.31. The minimum absolute atomic E-state index is 0.192. The van der Waals surface area contributed by atoms with Crippen LogP contribution in [-0.2, 0) is 14.3 Å². The van der Waals surface area contributed by atoms with E-state index in [-0.39, 0.29) is 12.5 Å². The molecule has 7 atom stereocenters. The summed E-state index contributed by atoms with van der Waals surface area (Å²) in [5, 5.41) is 54.2. The number of hydrogen-bond acceptors (Lipinski definition) is 8. The van der Waals surface area contributed by atoms with Gasteiger partial charge in [-0.2, -0.15) is 0 Å². The molecule has 0 bridgehead atoms. The summed E-state index contributed by atoms with van der Waals surface area (Å²) in [5.74, 6) is -0.192. The smallest absolute Gasteiger partial charge is 0.220 e. The van der Waals surface area contributed by atoms with Crippen molar-refractivity contribution in [1.82, 2.24) is 5.32 Å². The molecule has 6 N–H and O–H groups in total. The van der Waals surface area contributed by atoms with E-state index in [1.54, 1.807) is 6.08 Å². The predicted molar refractivity (Wildman–Crippen MR) is 308 cm³/mol. The van der Waals surface area contributed by atoms with E-state index < -0.39 is 49.5 Å². The second-order valence-electron chi connectivity index (χ2n) is 20.8. The van der Waals surface area contributed by atoms with Crippen LogP contribution in [0.5, 0.6) is 0 Å². The third-order valence-corrected chi connectivity index (χ3v) is 14.0. The average Bonchev–Trinajstić information content (AvgIpc) is 3.39. The summed E-state index contributed by atoms with van der Waals surface area (Å²) in [6, 6.07) is -0.827. The van der Waals surface area contributed by atoms with Crippen molar-refractivity contribution < 1.29 is 39.8 Å².